The third-order valence-corrected chi connectivity index (χ3v) is 4.91. The maximum Gasteiger partial charge on any atom is 0.0340 e. The first-order valence-electron chi connectivity index (χ1n) is 7.36. The third kappa shape index (κ3) is 4.51. The van der Waals surface area contributed by atoms with Gasteiger partial charge in [-0.25, -0.2) is 0 Å². The molecule has 2 unspecified atom stereocenters. The Labute approximate surface area is 122 Å². The lowest BCUT2D eigenvalue weighted by atomic mass is 9.99. The molecule has 1 aromatic carbocycles. The maximum atomic E-state index is 3.76. The third-order valence-electron chi connectivity index (χ3n) is 3.86. The van der Waals surface area contributed by atoms with Gasteiger partial charge in [0, 0.05) is 30.1 Å². The molecule has 0 aromatic heterocycles. The van der Waals surface area contributed by atoms with Crippen LogP contribution in [0.3, 0.4) is 0 Å². The van der Waals surface area contributed by atoms with Gasteiger partial charge in [-0.15, -0.1) is 0 Å². The molecule has 0 saturated carbocycles. The lowest BCUT2D eigenvalue weighted by Crippen LogP contribution is -2.53. The summed E-state index contributed by atoms with van der Waals surface area (Å²) in [6.45, 7) is 4.58. The van der Waals surface area contributed by atoms with Crippen LogP contribution in [0.5, 0.6) is 0 Å². The Hall–Kier alpha value is -0.510. The predicted molar refractivity (Wildman–Crippen MR) is 86.0 cm³/mol. The van der Waals surface area contributed by atoms with Crippen LogP contribution < -0.4 is 5.32 Å². The van der Waals surface area contributed by atoms with Gasteiger partial charge < -0.3 is 10.2 Å². The lowest BCUT2D eigenvalue weighted by molar-refractivity contribution is 0.213. The molecule has 1 N–H and O–H groups in total. The van der Waals surface area contributed by atoms with E-state index in [0.29, 0.717) is 12.1 Å². The minimum atomic E-state index is 0.570. The molecule has 0 amide bonds. The van der Waals surface area contributed by atoms with E-state index in [1.807, 2.05) is 0 Å². The van der Waals surface area contributed by atoms with Gasteiger partial charge >= 0.3 is 0 Å². The van der Waals surface area contributed by atoms with Crippen molar-refractivity contribution in [1.82, 2.24) is 10.2 Å². The van der Waals surface area contributed by atoms with Crippen molar-refractivity contribution in [2.24, 2.45) is 0 Å². The van der Waals surface area contributed by atoms with Crippen molar-refractivity contribution in [3.63, 3.8) is 0 Å². The average Bonchev–Trinajstić information content (AvgIpc) is 2.45. The van der Waals surface area contributed by atoms with Crippen LogP contribution in [0, 0.1) is 0 Å². The highest BCUT2D eigenvalue weighted by molar-refractivity contribution is 7.99. The highest BCUT2D eigenvalue weighted by Crippen LogP contribution is 2.19. The molecule has 0 aliphatic carbocycles. The molecule has 2 atom stereocenters. The van der Waals surface area contributed by atoms with E-state index in [2.05, 4.69) is 66.3 Å². The summed E-state index contributed by atoms with van der Waals surface area (Å²) in [7, 11) is 2.27. The summed E-state index contributed by atoms with van der Waals surface area (Å²) in [5.74, 6) is 2.53. The van der Waals surface area contributed by atoms with Crippen LogP contribution in [-0.4, -0.2) is 48.6 Å². The summed E-state index contributed by atoms with van der Waals surface area (Å²) < 4.78 is 0. The maximum absolute atomic E-state index is 3.76. The number of hydrogen-bond donors (Lipinski definition) is 1. The van der Waals surface area contributed by atoms with Crippen molar-refractivity contribution in [2.75, 3.05) is 31.6 Å². The number of thioether (sulfide) groups is 1. The van der Waals surface area contributed by atoms with Gasteiger partial charge in [-0.3, -0.25) is 0 Å². The molecule has 1 aliphatic rings. The van der Waals surface area contributed by atoms with Crippen molar-refractivity contribution >= 4 is 11.8 Å². The smallest absolute Gasteiger partial charge is 0.0340 e. The van der Waals surface area contributed by atoms with Crippen molar-refractivity contribution in [3.05, 3.63) is 35.9 Å². The molecule has 106 valence electrons. The molecule has 3 heteroatoms. The van der Waals surface area contributed by atoms with Gasteiger partial charge in [0.15, 0.2) is 0 Å². The van der Waals surface area contributed by atoms with Gasteiger partial charge in [0.2, 0.25) is 0 Å². The van der Waals surface area contributed by atoms with Gasteiger partial charge in [-0.2, -0.15) is 11.8 Å². The molecule has 0 radical (unpaired) electrons. The summed E-state index contributed by atoms with van der Waals surface area (Å²) in [6, 6.07) is 12.1. The largest absolute Gasteiger partial charge is 0.312 e. The fraction of sp³-hybridized carbons (Fsp3) is 0.625. The number of nitrogens with zero attached hydrogens (tertiary/aromatic N) is 1. The molecule has 1 heterocycles. The standard InChI is InChI=1S/C16H26N2S/c1-3-9-17-15(12-14-7-5-4-6-8-14)16-13-19-11-10-18(16)2/h4-8,15-17H,3,9-13H2,1-2H3. The monoisotopic (exact) mass is 278 g/mol. The highest BCUT2D eigenvalue weighted by atomic mass is 32.2. The van der Waals surface area contributed by atoms with E-state index >= 15 is 0 Å². The van der Waals surface area contributed by atoms with E-state index in [1.165, 1.54) is 30.0 Å². The van der Waals surface area contributed by atoms with Crippen LogP contribution in [-0.2, 0) is 6.42 Å². The van der Waals surface area contributed by atoms with Crippen LogP contribution in [0.25, 0.3) is 0 Å². The first-order chi connectivity index (χ1) is 9.31. The molecule has 0 spiro atoms. The van der Waals surface area contributed by atoms with E-state index in [-0.39, 0.29) is 0 Å². The SMILES string of the molecule is CCCNC(Cc1ccccc1)C1CSCCN1C. The quantitative estimate of drug-likeness (QED) is 0.861. The summed E-state index contributed by atoms with van der Waals surface area (Å²) in [6.07, 6.45) is 2.34. The van der Waals surface area contributed by atoms with Crippen LogP contribution in [0.2, 0.25) is 0 Å². The zero-order valence-electron chi connectivity index (χ0n) is 12.1. The van der Waals surface area contributed by atoms with Crippen molar-refractivity contribution < 1.29 is 0 Å². The van der Waals surface area contributed by atoms with Crippen LogP contribution in [0.4, 0.5) is 0 Å². The lowest BCUT2D eigenvalue weighted by Gasteiger charge is -2.38. The molecular formula is C16H26N2S. The van der Waals surface area contributed by atoms with Gasteiger partial charge in [0.25, 0.3) is 0 Å². The fourth-order valence-corrected chi connectivity index (χ4v) is 3.98. The second kappa shape index (κ2) is 7.93. The normalized spacial score (nSPS) is 22.3. The average molecular weight is 278 g/mol. The number of nitrogens with one attached hydrogen (secondary N) is 1. The van der Waals surface area contributed by atoms with Gasteiger partial charge in [-0.05, 0) is 32.0 Å². The minimum Gasteiger partial charge on any atom is -0.312 e. The Kier molecular flexibility index (Phi) is 6.21. The van der Waals surface area contributed by atoms with E-state index in [9.17, 15) is 0 Å². The summed E-state index contributed by atoms with van der Waals surface area (Å²) >= 11 is 2.10. The topological polar surface area (TPSA) is 15.3 Å². The fourth-order valence-electron chi connectivity index (χ4n) is 2.67. The number of hydrogen-bond acceptors (Lipinski definition) is 3. The van der Waals surface area contributed by atoms with Crippen molar-refractivity contribution in [3.8, 4) is 0 Å². The Bertz CT molecular complexity index is 355. The molecule has 1 aromatic rings. The first kappa shape index (κ1) is 14.9. The minimum absolute atomic E-state index is 0.570. The van der Waals surface area contributed by atoms with E-state index in [4.69, 9.17) is 0 Å². The van der Waals surface area contributed by atoms with Gasteiger partial charge in [0.05, 0.1) is 0 Å². The van der Waals surface area contributed by atoms with Gasteiger partial charge in [-0.1, -0.05) is 37.3 Å². The Morgan fingerprint density at radius 3 is 2.84 bits per heavy atom. The summed E-state index contributed by atoms with van der Waals surface area (Å²) in [5, 5.41) is 3.76. The number of rotatable bonds is 6. The molecule has 0 bridgehead atoms. The van der Waals surface area contributed by atoms with Crippen LogP contribution >= 0.6 is 11.8 Å². The van der Waals surface area contributed by atoms with Gasteiger partial charge in [0.1, 0.15) is 0 Å². The first-order valence-corrected chi connectivity index (χ1v) is 8.52. The van der Waals surface area contributed by atoms with E-state index in [1.54, 1.807) is 0 Å². The molecule has 19 heavy (non-hydrogen) atoms. The number of likely N-dealkylation sites (N-methyl/N-ethyl adjacent to an activating group) is 1. The second-order valence-electron chi connectivity index (χ2n) is 5.37. The van der Waals surface area contributed by atoms with Crippen LogP contribution in [0.1, 0.15) is 18.9 Å². The number of benzene rings is 1. The zero-order chi connectivity index (χ0) is 13.5. The predicted octanol–water partition coefficient (Wildman–Crippen LogP) is 2.64. The second-order valence-corrected chi connectivity index (χ2v) is 6.52. The Morgan fingerprint density at radius 2 is 2.16 bits per heavy atom. The summed E-state index contributed by atoms with van der Waals surface area (Å²) in [4.78, 5) is 2.53. The zero-order valence-corrected chi connectivity index (χ0v) is 13.0. The van der Waals surface area contributed by atoms with Crippen molar-refractivity contribution in [1.29, 1.82) is 0 Å². The molecule has 2 nitrogen and oxygen atoms in total. The Morgan fingerprint density at radius 1 is 1.37 bits per heavy atom. The molecule has 1 saturated heterocycles. The molecular weight excluding hydrogens is 252 g/mol. The summed E-state index contributed by atoms with van der Waals surface area (Å²) in [5.41, 5.74) is 1.44. The highest BCUT2D eigenvalue weighted by Gasteiger charge is 2.27. The van der Waals surface area contributed by atoms with Crippen LogP contribution in [0.15, 0.2) is 30.3 Å². The molecule has 2 rings (SSSR count). The van der Waals surface area contributed by atoms with Crippen molar-refractivity contribution in [2.45, 2.75) is 31.8 Å². The molecule has 1 aliphatic heterocycles. The van der Waals surface area contributed by atoms with E-state index in [0.717, 1.165) is 13.0 Å². The van der Waals surface area contributed by atoms with E-state index < -0.39 is 0 Å². The molecule has 1 fully saturated rings. The Balaban J connectivity index is 2.02.